The van der Waals surface area contributed by atoms with Crippen LogP contribution in [0.2, 0.25) is 0 Å². The van der Waals surface area contributed by atoms with E-state index in [0.29, 0.717) is 6.07 Å². The van der Waals surface area contributed by atoms with Gasteiger partial charge in [-0.15, -0.1) is 0 Å². The molecule has 198 valence electrons. The summed E-state index contributed by atoms with van der Waals surface area (Å²) in [5.41, 5.74) is 0. The molecule has 0 fully saturated rings. The third-order valence-electron chi connectivity index (χ3n) is 4.93. The van der Waals surface area contributed by atoms with Crippen molar-refractivity contribution in [3.63, 3.8) is 0 Å². The number of rotatable bonds is 6. The predicted octanol–water partition coefficient (Wildman–Crippen LogP) is 3.83. The van der Waals surface area contributed by atoms with Crippen molar-refractivity contribution in [2.45, 2.75) is 0 Å². The molecule has 4 aromatic carbocycles. The van der Waals surface area contributed by atoms with Crippen LogP contribution in [0.4, 0.5) is 0 Å². The molecule has 0 heterocycles. The smallest absolute Gasteiger partial charge is 0.215 e. The van der Waals surface area contributed by atoms with Gasteiger partial charge in [0, 0.05) is 42.5 Å². The quantitative estimate of drug-likeness (QED) is 0.159. The standard InChI is InChI=1S/C24H18O14/c25-8-1-14(29)22(15(30)2-8)36-10-5-13(28)20(34)18(6-10)38-24-17(32)7-16(31)23(21(24)35)37-9-3-11(26)19(33)12(27)4-9/h1-7,25-35H. The molecule has 14 heteroatoms. The predicted molar refractivity (Wildman–Crippen MR) is 124 cm³/mol. The van der Waals surface area contributed by atoms with Crippen molar-refractivity contribution in [1.29, 1.82) is 0 Å². The van der Waals surface area contributed by atoms with Crippen LogP contribution in [0.3, 0.4) is 0 Å². The summed E-state index contributed by atoms with van der Waals surface area (Å²) in [7, 11) is 0. The molecule has 0 unspecified atom stereocenters. The zero-order valence-corrected chi connectivity index (χ0v) is 18.7. The molecule has 0 radical (unpaired) electrons. The summed E-state index contributed by atoms with van der Waals surface area (Å²) in [6.07, 6.45) is 0. The first kappa shape index (κ1) is 25.2. The number of phenols is 11. The first-order valence-electron chi connectivity index (χ1n) is 10.2. The highest BCUT2D eigenvalue weighted by Gasteiger charge is 2.25. The van der Waals surface area contributed by atoms with Gasteiger partial charge in [-0.2, -0.15) is 0 Å². The first-order valence-corrected chi connectivity index (χ1v) is 10.2. The molecule has 4 aromatic rings. The van der Waals surface area contributed by atoms with E-state index in [-0.39, 0.29) is 11.5 Å². The molecule has 14 nitrogen and oxygen atoms in total. The Morgan fingerprint density at radius 1 is 0.342 bits per heavy atom. The highest BCUT2D eigenvalue weighted by atomic mass is 16.5. The summed E-state index contributed by atoms with van der Waals surface area (Å²) >= 11 is 0. The van der Waals surface area contributed by atoms with Crippen LogP contribution in [-0.2, 0) is 0 Å². The van der Waals surface area contributed by atoms with Gasteiger partial charge in [0.2, 0.25) is 34.5 Å². The highest BCUT2D eigenvalue weighted by Crippen LogP contribution is 2.54. The van der Waals surface area contributed by atoms with Crippen LogP contribution in [-0.4, -0.2) is 56.2 Å². The Balaban J connectivity index is 1.72. The summed E-state index contributed by atoms with van der Waals surface area (Å²) in [5, 5.41) is 109. The van der Waals surface area contributed by atoms with E-state index < -0.39 is 86.2 Å². The monoisotopic (exact) mass is 530 g/mol. The minimum absolute atomic E-state index is 0.337. The van der Waals surface area contributed by atoms with Crippen molar-refractivity contribution >= 4 is 0 Å². The number of benzene rings is 4. The van der Waals surface area contributed by atoms with Crippen molar-refractivity contribution < 1.29 is 70.4 Å². The van der Waals surface area contributed by atoms with Gasteiger partial charge in [0.1, 0.15) is 17.2 Å². The van der Waals surface area contributed by atoms with Crippen LogP contribution in [0.25, 0.3) is 0 Å². The van der Waals surface area contributed by atoms with E-state index in [9.17, 15) is 56.2 Å². The second-order valence-corrected chi connectivity index (χ2v) is 7.64. The van der Waals surface area contributed by atoms with Gasteiger partial charge in [0.15, 0.2) is 46.0 Å². The van der Waals surface area contributed by atoms with Gasteiger partial charge in [-0.25, -0.2) is 0 Å². The normalized spacial score (nSPS) is 10.7. The fraction of sp³-hybridized carbons (Fsp3) is 0. The maximum Gasteiger partial charge on any atom is 0.215 e. The Labute approximate surface area is 211 Å². The van der Waals surface area contributed by atoms with Crippen molar-refractivity contribution in [2.24, 2.45) is 0 Å². The molecule has 0 aliphatic rings. The van der Waals surface area contributed by atoms with Crippen LogP contribution in [0.15, 0.2) is 42.5 Å². The topological polar surface area (TPSA) is 250 Å². The highest BCUT2D eigenvalue weighted by molar-refractivity contribution is 5.67. The molecule has 38 heavy (non-hydrogen) atoms. The van der Waals surface area contributed by atoms with Crippen molar-refractivity contribution in [3.8, 4) is 97.7 Å². The zero-order chi connectivity index (χ0) is 27.9. The second-order valence-electron chi connectivity index (χ2n) is 7.64. The van der Waals surface area contributed by atoms with Gasteiger partial charge in [-0.05, 0) is 0 Å². The molecule has 0 bridgehead atoms. The van der Waals surface area contributed by atoms with E-state index in [0.717, 1.165) is 36.4 Å². The van der Waals surface area contributed by atoms with Gasteiger partial charge in [0.25, 0.3) is 0 Å². The molecule has 0 aliphatic carbocycles. The van der Waals surface area contributed by atoms with E-state index >= 15 is 0 Å². The number of phenolic OH excluding ortho intramolecular Hbond substituents is 11. The Hall–Kier alpha value is -5.92. The van der Waals surface area contributed by atoms with E-state index in [1.165, 1.54) is 0 Å². The van der Waals surface area contributed by atoms with Crippen LogP contribution in [0.5, 0.6) is 97.7 Å². The lowest BCUT2D eigenvalue weighted by molar-refractivity contribution is 0.322. The summed E-state index contributed by atoms with van der Waals surface area (Å²) in [5.74, 6) is -12.2. The van der Waals surface area contributed by atoms with E-state index in [2.05, 4.69) is 0 Å². The van der Waals surface area contributed by atoms with Gasteiger partial charge in [-0.3, -0.25) is 0 Å². The molecule has 0 aliphatic heterocycles. The van der Waals surface area contributed by atoms with E-state index in [1.54, 1.807) is 0 Å². The third-order valence-corrected chi connectivity index (χ3v) is 4.93. The summed E-state index contributed by atoms with van der Waals surface area (Å²) in [6.45, 7) is 0. The maximum absolute atomic E-state index is 10.6. The molecule has 0 saturated heterocycles. The Morgan fingerprint density at radius 3 is 1.32 bits per heavy atom. The van der Waals surface area contributed by atoms with Gasteiger partial charge in [-0.1, -0.05) is 0 Å². The molecule has 4 rings (SSSR count). The SMILES string of the molecule is Oc1cc(O)c(Oc2cc(O)c(O)c(Oc3c(O)cc(O)c(Oc4cc(O)c(O)c(O)c4)c3O)c2)c(O)c1. The van der Waals surface area contributed by atoms with Gasteiger partial charge in [0.05, 0.1) is 0 Å². The fourth-order valence-electron chi connectivity index (χ4n) is 3.19. The Bertz CT molecular complexity index is 1520. The first-order chi connectivity index (χ1) is 17.8. The van der Waals surface area contributed by atoms with Crippen molar-refractivity contribution in [3.05, 3.63) is 42.5 Å². The van der Waals surface area contributed by atoms with Gasteiger partial charge < -0.3 is 70.4 Å². The molecular formula is C24H18O14. The largest absolute Gasteiger partial charge is 0.508 e. The lowest BCUT2D eigenvalue weighted by atomic mass is 10.2. The van der Waals surface area contributed by atoms with Crippen LogP contribution in [0, 0.1) is 0 Å². The molecule has 11 N–H and O–H groups in total. The average Bonchev–Trinajstić information content (AvgIpc) is 2.82. The molecule has 0 spiro atoms. The average molecular weight is 530 g/mol. The van der Waals surface area contributed by atoms with Gasteiger partial charge >= 0.3 is 0 Å². The van der Waals surface area contributed by atoms with Crippen LogP contribution in [0.1, 0.15) is 0 Å². The molecular weight excluding hydrogens is 512 g/mol. The number of hydrogen-bond acceptors (Lipinski definition) is 14. The minimum Gasteiger partial charge on any atom is -0.508 e. The Kier molecular flexibility index (Phi) is 6.14. The summed E-state index contributed by atoms with van der Waals surface area (Å²) < 4.78 is 15.9. The second kappa shape index (κ2) is 9.27. The number of ether oxygens (including phenoxy) is 3. The van der Waals surface area contributed by atoms with E-state index in [4.69, 9.17) is 14.2 Å². The van der Waals surface area contributed by atoms with Crippen molar-refractivity contribution in [2.75, 3.05) is 0 Å². The fourth-order valence-corrected chi connectivity index (χ4v) is 3.19. The number of hydrogen-bond donors (Lipinski definition) is 11. The minimum atomic E-state index is -1.05. The van der Waals surface area contributed by atoms with Crippen molar-refractivity contribution in [1.82, 2.24) is 0 Å². The molecule has 0 amide bonds. The lowest BCUT2D eigenvalue weighted by Gasteiger charge is -2.17. The molecule has 0 atom stereocenters. The van der Waals surface area contributed by atoms with E-state index in [1.807, 2.05) is 0 Å². The lowest BCUT2D eigenvalue weighted by Crippen LogP contribution is -1.93. The third kappa shape index (κ3) is 4.64. The molecule has 0 aromatic heterocycles. The number of aromatic hydroxyl groups is 11. The summed E-state index contributed by atoms with van der Waals surface area (Å²) in [6, 6.07) is 5.84. The summed E-state index contributed by atoms with van der Waals surface area (Å²) in [4.78, 5) is 0. The maximum atomic E-state index is 10.6. The van der Waals surface area contributed by atoms with Crippen LogP contribution >= 0.6 is 0 Å². The molecule has 0 saturated carbocycles. The Morgan fingerprint density at radius 2 is 0.763 bits per heavy atom. The zero-order valence-electron chi connectivity index (χ0n) is 18.7. The van der Waals surface area contributed by atoms with Crippen LogP contribution < -0.4 is 14.2 Å².